The molecule has 0 radical (unpaired) electrons. The van der Waals surface area contributed by atoms with Crippen LogP contribution in [-0.2, 0) is 17.6 Å². The SMILES string of the molecule is O=C(Cc1csc(-c2ccsc2)n1)N(C1CC1)C1CCCc2ccccc21. The van der Waals surface area contributed by atoms with Crippen LogP contribution in [0.4, 0.5) is 0 Å². The number of aromatic nitrogens is 1. The first-order valence-corrected chi connectivity index (χ1v) is 11.5. The highest BCUT2D eigenvalue weighted by Crippen LogP contribution is 2.41. The van der Waals surface area contributed by atoms with Crippen LogP contribution in [0.15, 0.2) is 46.5 Å². The zero-order valence-electron chi connectivity index (χ0n) is 15.1. The Balaban J connectivity index is 1.38. The summed E-state index contributed by atoms with van der Waals surface area (Å²) < 4.78 is 0. The number of hydrogen-bond donors (Lipinski definition) is 0. The van der Waals surface area contributed by atoms with Crippen molar-refractivity contribution < 1.29 is 4.79 Å². The highest BCUT2D eigenvalue weighted by Gasteiger charge is 2.39. The van der Waals surface area contributed by atoms with Gasteiger partial charge >= 0.3 is 0 Å². The van der Waals surface area contributed by atoms with E-state index in [0.29, 0.717) is 12.5 Å². The number of aryl methyl sites for hydroxylation is 1. The van der Waals surface area contributed by atoms with Gasteiger partial charge in [0.15, 0.2) is 0 Å². The predicted octanol–water partition coefficient (Wildman–Crippen LogP) is 5.48. The Morgan fingerprint density at radius 3 is 2.85 bits per heavy atom. The molecule has 2 aromatic heterocycles. The molecule has 2 aliphatic carbocycles. The summed E-state index contributed by atoms with van der Waals surface area (Å²) in [5, 5.41) is 7.24. The highest BCUT2D eigenvalue weighted by molar-refractivity contribution is 7.14. The molecule has 1 atom stereocenters. The summed E-state index contributed by atoms with van der Waals surface area (Å²) in [5.74, 6) is 0.237. The predicted molar refractivity (Wildman–Crippen MR) is 111 cm³/mol. The Morgan fingerprint density at radius 2 is 2.04 bits per heavy atom. The molecule has 27 heavy (non-hydrogen) atoms. The molecule has 1 unspecified atom stereocenters. The van der Waals surface area contributed by atoms with Gasteiger partial charge < -0.3 is 4.90 Å². The Morgan fingerprint density at radius 1 is 1.15 bits per heavy atom. The van der Waals surface area contributed by atoms with E-state index < -0.39 is 0 Å². The van der Waals surface area contributed by atoms with Crippen LogP contribution in [0, 0.1) is 0 Å². The van der Waals surface area contributed by atoms with E-state index in [4.69, 9.17) is 4.98 Å². The van der Waals surface area contributed by atoms with Gasteiger partial charge in [-0.05, 0) is 54.7 Å². The lowest BCUT2D eigenvalue weighted by molar-refractivity contribution is -0.134. The molecular formula is C22H22N2OS2. The maximum Gasteiger partial charge on any atom is 0.229 e. The van der Waals surface area contributed by atoms with E-state index in [9.17, 15) is 4.79 Å². The van der Waals surface area contributed by atoms with Crippen LogP contribution in [0.2, 0.25) is 0 Å². The molecule has 1 fully saturated rings. The first-order chi connectivity index (χ1) is 13.3. The van der Waals surface area contributed by atoms with E-state index in [1.165, 1.54) is 11.1 Å². The fourth-order valence-corrected chi connectivity index (χ4v) is 5.69. The molecule has 0 N–H and O–H groups in total. The van der Waals surface area contributed by atoms with Crippen molar-refractivity contribution in [3.63, 3.8) is 0 Å². The average molecular weight is 395 g/mol. The minimum atomic E-state index is 0.237. The van der Waals surface area contributed by atoms with Gasteiger partial charge in [-0.25, -0.2) is 4.98 Å². The van der Waals surface area contributed by atoms with Crippen molar-refractivity contribution in [3.05, 3.63) is 63.3 Å². The Hall–Kier alpha value is -1.98. The quantitative estimate of drug-likeness (QED) is 0.574. The summed E-state index contributed by atoms with van der Waals surface area (Å²) in [5.41, 5.74) is 4.84. The molecule has 1 amide bonds. The molecule has 3 aromatic rings. The smallest absolute Gasteiger partial charge is 0.229 e. The number of amides is 1. The lowest BCUT2D eigenvalue weighted by Crippen LogP contribution is -2.39. The zero-order chi connectivity index (χ0) is 18.2. The van der Waals surface area contributed by atoms with Gasteiger partial charge in [0.05, 0.1) is 18.2 Å². The summed E-state index contributed by atoms with van der Waals surface area (Å²) >= 11 is 3.31. The largest absolute Gasteiger partial charge is 0.332 e. The number of benzene rings is 1. The molecule has 0 aliphatic heterocycles. The number of carbonyl (C=O) groups excluding carboxylic acids is 1. The van der Waals surface area contributed by atoms with Gasteiger partial charge in [-0.15, -0.1) is 11.3 Å². The Labute approximate surface area is 167 Å². The van der Waals surface area contributed by atoms with Crippen molar-refractivity contribution in [2.45, 2.75) is 50.6 Å². The number of rotatable bonds is 5. The van der Waals surface area contributed by atoms with Gasteiger partial charge in [0.1, 0.15) is 5.01 Å². The van der Waals surface area contributed by atoms with E-state index >= 15 is 0 Å². The monoisotopic (exact) mass is 394 g/mol. The van der Waals surface area contributed by atoms with Crippen molar-refractivity contribution in [3.8, 4) is 10.6 Å². The number of fused-ring (bicyclic) bond motifs is 1. The second kappa shape index (κ2) is 7.21. The fraction of sp³-hybridized carbons (Fsp3) is 0.364. The van der Waals surface area contributed by atoms with Gasteiger partial charge in [-0.3, -0.25) is 4.79 Å². The lowest BCUT2D eigenvalue weighted by atomic mass is 9.86. The molecule has 2 heterocycles. The van der Waals surface area contributed by atoms with Gasteiger partial charge in [0.2, 0.25) is 5.91 Å². The normalized spacial score (nSPS) is 18.9. The summed E-state index contributed by atoms with van der Waals surface area (Å²) in [7, 11) is 0. The maximum absolute atomic E-state index is 13.3. The third kappa shape index (κ3) is 3.46. The van der Waals surface area contributed by atoms with Gasteiger partial charge in [0.25, 0.3) is 0 Å². The summed E-state index contributed by atoms with van der Waals surface area (Å²) in [6.45, 7) is 0. The molecule has 2 aliphatic rings. The van der Waals surface area contributed by atoms with Crippen molar-refractivity contribution in [1.82, 2.24) is 9.88 Å². The van der Waals surface area contributed by atoms with Crippen LogP contribution in [0.25, 0.3) is 10.6 Å². The van der Waals surface area contributed by atoms with Crippen LogP contribution < -0.4 is 0 Å². The second-order valence-electron chi connectivity index (χ2n) is 7.47. The highest BCUT2D eigenvalue weighted by atomic mass is 32.1. The number of nitrogens with zero attached hydrogens (tertiary/aromatic N) is 2. The van der Waals surface area contributed by atoms with E-state index in [2.05, 4.69) is 46.0 Å². The van der Waals surface area contributed by atoms with Gasteiger partial charge in [-0.2, -0.15) is 11.3 Å². The topological polar surface area (TPSA) is 33.2 Å². The van der Waals surface area contributed by atoms with Crippen LogP contribution >= 0.6 is 22.7 Å². The van der Waals surface area contributed by atoms with E-state index in [1.54, 1.807) is 22.7 Å². The van der Waals surface area contributed by atoms with E-state index in [-0.39, 0.29) is 11.9 Å². The Bertz CT molecular complexity index is 943. The number of hydrogen-bond acceptors (Lipinski definition) is 4. The maximum atomic E-state index is 13.3. The number of carbonyl (C=O) groups is 1. The lowest BCUT2D eigenvalue weighted by Gasteiger charge is -2.36. The standard InChI is InChI=1S/C22H22N2OS2/c25-21(12-17-14-27-22(23-17)16-10-11-26-13-16)24(18-8-9-18)20-7-3-5-15-4-1-2-6-19(15)20/h1-2,4,6,10-11,13-14,18,20H,3,5,7-9,12H2. The summed E-state index contributed by atoms with van der Waals surface area (Å²) in [6, 6.07) is 11.4. The third-order valence-electron chi connectivity index (χ3n) is 5.55. The molecule has 0 bridgehead atoms. The molecule has 3 nitrogen and oxygen atoms in total. The molecule has 0 saturated heterocycles. The molecule has 1 saturated carbocycles. The van der Waals surface area contributed by atoms with Crippen LogP contribution in [0.1, 0.15) is 48.5 Å². The first kappa shape index (κ1) is 17.1. The summed E-state index contributed by atoms with van der Waals surface area (Å²) in [6.07, 6.45) is 6.07. The number of thiophene rings is 1. The molecule has 5 heteroatoms. The van der Waals surface area contributed by atoms with Crippen LogP contribution in [-0.4, -0.2) is 21.8 Å². The van der Waals surface area contributed by atoms with E-state index in [0.717, 1.165) is 48.4 Å². The first-order valence-electron chi connectivity index (χ1n) is 9.65. The van der Waals surface area contributed by atoms with Crippen molar-refractivity contribution in [1.29, 1.82) is 0 Å². The zero-order valence-corrected chi connectivity index (χ0v) is 16.8. The van der Waals surface area contributed by atoms with Gasteiger partial charge in [0, 0.05) is 22.4 Å². The molecule has 5 rings (SSSR count). The second-order valence-corrected chi connectivity index (χ2v) is 9.11. The van der Waals surface area contributed by atoms with Crippen molar-refractivity contribution >= 4 is 28.6 Å². The Kier molecular flexibility index (Phi) is 4.58. The molecule has 1 aromatic carbocycles. The molecule has 138 valence electrons. The van der Waals surface area contributed by atoms with Crippen molar-refractivity contribution in [2.75, 3.05) is 0 Å². The number of thiazole rings is 1. The van der Waals surface area contributed by atoms with Crippen LogP contribution in [0.3, 0.4) is 0 Å². The molecular weight excluding hydrogens is 372 g/mol. The average Bonchev–Trinajstić information content (AvgIpc) is 3.17. The summed E-state index contributed by atoms with van der Waals surface area (Å²) in [4.78, 5) is 20.2. The fourth-order valence-electron chi connectivity index (χ4n) is 4.16. The minimum absolute atomic E-state index is 0.237. The van der Waals surface area contributed by atoms with Gasteiger partial charge in [-0.1, -0.05) is 24.3 Å². The van der Waals surface area contributed by atoms with Crippen LogP contribution in [0.5, 0.6) is 0 Å². The van der Waals surface area contributed by atoms with Crippen molar-refractivity contribution in [2.24, 2.45) is 0 Å². The third-order valence-corrected chi connectivity index (χ3v) is 7.18. The van der Waals surface area contributed by atoms with E-state index in [1.807, 2.05) is 5.38 Å². The minimum Gasteiger partial charge on any atom is -0.332 e. The molecule has 0 spiro atoms.